The van der Waals surface area contributed by atoms with Gasteiger partial charge >= 0.3 is 0 Å². The third-order valence-electron chi connectivity index (χ3n) is 10.7. The maximum atomic E-state index is 14.6. The number of rotatable bonds is 2. The molecule has 1 saturated heterocycles. The predicted octanol–water partition coefficient (Wildman–Crippen LogP) is 2.85. The highest BCUT2D eigenvalue weighted by molar-refractivity contribution is 6.12. The van der Waals surface area contributed by atoms with E-state index < -0.39 is 64.3 Å². The van der Waals surface area contributed by atoms with Crippen molar-refractivity contribution < 1.29 is 34.5 Å². The van der Waals surface area contributed by atoms with Crippen molar-refractivity contribution in [1.29, 1.82) is 0 Å². The third kappa shape index (κ3) is 3.54. The van der Waals surface area contributed by atoms with Gasteiger partial charge in [0, 0.05) is 47.9 Å². The average Bonchev–Trinajstić information content (AvgIpc) is 3.45. The fraction of sp³-hybridized carbons (Fsp3) is 0.500. The number of anilines is 1. The van der Waals surface area contributed by atoms with Gasteiger partial charge in [0.15, 0.2) is 17.1 Å². The number of nitrogens with one attached hydrogen (secondary N) is 2. The number of ketones is 2. The number of benzene rings is 1. The number of fused-ring (bicyclic) bond motifs is 2. The van der Waals surface area contributed by atoms with E-state index in [1.54, 1.807) is 51.1 Å². The van der Waals surface area contributed by atoms with Crippen LogP contribution in [0.5, 0.6) is 0 Å². The Hall–Kier alpha value is -3.56. The van der Waals surface area contributed by atoms with Gasteiger partial charge in [-0.3, -0.25) is 19.2 Å². The summed E-state index contributed by atoms with van der Waals surface area (Å²) in [6.07, 6.45) is 2.59. The summed E-state index contributed by atoms with van der Waals surface area (Å²) in [5, 5.41) is 39.5. The van der Waals surface area contributed by atoms with Crippen LogP contribution < -0.4 is 10.6 Å². The smallest absolute Gasteiger partial charge is 0.261 e. The molecule has 1 spiro atoms. The van der Waals surface area contributed by atoms with Crippen LogP contribution in [-0.4, -0.2) is 50.8 Å². The molecule has 5 aliphatic rings. The SMILES string of the molecule is CC1=C(O)C(=O)[C@@H]2CC(=O)[C@@]34C(=O)N[C@@H](C[C@]5(O)C(=O)Nc6ccccc65)[C@@H]3C(C)=C(C)[C@@H](O)[C@@H]4C=CC[C@H](C)[C@@H]12. The van der Waals surface area contributed by atoms with Crippen molar-refractivity contribution in [1.82, 2.24) is 5.32 Å². The zero-order valence-corrected chi connectivity index (χ0v) is 23.6. The first kappa shape index (κ1) is 27.6. The predicted molar refractivity (Wildman–Crippen MR) is 149 cm³/mol. The van der Waals surface area contributed by atoms with Crippen LogP contribution in [0.2, 0.25) is 0 Å². The maximum absolute atomic E-state index is 14.6. The maximum Gasteiger partial charge on any atom is 0.261 e. The molecule has 2 aliphatic heterocycles. The molecule has 9 heteroatoms. The van der Waals surface area contributed by atoms with Crippen LogP contribution in [0.4, 0.5) is 5.69 Å². The van der Waals surface area contributed by atoms with Crippen molar-refractivity contribution in [2.24, 2.45) is 35.0 Å². The quantitative estimate of drug-likeness (QED) is 0.275. The Balaban J connectivity index is 1.48. The lowest BCUT2D eigenvalue weighted by molar-refractivity contribution is -0.149. The summed E-state index contributed by atoms with van der Waals surface area (Å²) in [6, 6.07) is 6.01. The second-order valence-corrected chi connectivity index (χ2v) is 12.6. The number of aliphatic hydroxyl groups is 3. The first-order chi connectivity index (χ1) is 19.3. The van der Waals surface area contributed by atoms with Crippen LogP contribution in [-0.2, 0) is 24.8 Å². The Morgan fingerprint density at radius 2 is 1.71 bits per heavy atom. The molecule has 2 heterocycles. The fourth-order valence-electron chi connectivity index (χ4n) is 8.55. The molecule has 2 amide bonds. The number of hydrogen-bond acceptors (Lipinski definition) is 7. The number of amides is 2. The lowest BCUT2D eigenvalue weighted by Crippen LogP contribution is -2.56. The average molecular weight is 561 g/mol. The molecule has 6 rings (SSSR count). The molecule has 0 radical (unpaired) electrons. The Labute approximate surface area is 238 Å². The van der Waals surface area contributed by atoms with E-state index in [4.69, 9.17) is 0 Å². The summed E-state index contributed by atoms with van der Waals surface area (Å²) < 4.78 is 0. The number of hydrogen-bond donors (Lipinski definition) is 5. The summed E-state index contributed by atoms with van der Waals surface area (Å²) in [5.41, 5.74) is -0.986. The Morgan fingerprint density at radius 3 is 2.44 bits per heavy atom. The van der Waals surface area contributed by atoms with E-state index in [1.807, 2.05) is 13.0 Å². The number of carbonyl (C=O) groups excluding carboxylic acids is 4. The van der Waals surface area contributed by atoms with Crippen LogP contribution in [0.1, 0.15) is 52.5 Å². The van der Waals surface area contributed by atoms with Gasteiger partial charge in [-0.15, -0.1) is 0 Å². The molecule has 5 N–H and O–H groups in total. The van der Waals surface area contributed by atoms with Crippen molar-refractivity contribution in [3.05, 3.63) is 64.5 Å². The second kappa shape index (κ2) is 9.22. The molecular formula is C32H36N2O7. The first-order valence-electron chi connectivity index (χ1n) is 14.3. The van der Waals surface area contributed by atoms with Gasteiger partial charge in [-0.05, 0) is 56.2 Å². The first-order valence-corrected chi connectivity index (χ1v) is 14.3. The molecule has 0 aromatic heterocycles. The van der Waals surface area contributed by atoms with Crippen molar-refractivity contribution >= 4 is 29.1 Å². The second-order valence-electron chi connectivity index (χ2n) is 12.6. The fourth-order valence-corrected chi connectivity index (χ4v) is 8.55. The number of allylic oxidation sites excluding steroid dienone is 3. The normalized spacial score (nSPS) is 40.2. The van der Waals surface area contributed by atoms with E-state index in [1.165, 1.54) is 0 Å². The van der Waals surface area contributed by atoms with E-state index in [9.17, 15) is 34.5 Å². The van der Waals surface area contributed by atoms with E-state index in [2.05, 4.69) is 10.6 Å². The number of para-hydroxylation sites is 1. The van der Waals surface area contributed by atoms with Gasteiger partial charge in [-0.25, -0.2) is 0 Å². The Kier molecular flexibility index (Phi) is 6.21. The minimum Gasteiger partial charge on any atom is -0.504 e. The molecule has 216 valence electrons. The number of aliphatic hydroxyl groups excluding tert-OH is 2. The molecule has 1 fully saturated rings. The van der Waals surface area contributed by atoms with E-state index >= 15 is 0 Å². The van der Waals surface area contributed by atoms with Gasteiger partial charge in [-0.2, -0.15) is 0 Å². The van der Waals surface area contributed by atoms with Crippen LogP contribution in [0.25, 0.3) is 0 Å². The summed E-state index contributed by atoms with van der Waals surface area (Å²) >= 11 is 0. The van der Waals surface area contributed by atoms with Gasteiger partial charge in [-0.1, -0.05) is 42.8 Å². The van der Waals surface area contributed by atoms with Gasteiger partial charge in [0.05, 0.1) is 6.10 Å². The van der Waals surface area contributed by atoms with Crippen molar-refractivity contribution in [3.63, 3.8) is 0 Å². The lowest BCUT2D eigenvalue weighted by Gasteiger charge is -2.47. The molecule has 3 aliphatic carbocycles. The third-order valence-corrected chi connectivity index (χ3v) is 10.7. The van der Waals surface area contributed by atoms with Crippen LogP contribution >= 0.6 is 0 Å². The van der Waals surface area contributed by atoms with Crippen molar-refractivity contribution in [2.75, 3.05) is 5.32 Å². The van der Waals surface area contributed by atoms with E-state index in [0.717, 1.165) is 0 Å². The highest BCUT2D eigenvalue weighted by atomic mass is 16.3. The molecule has 0 saturated carbocycles. The molecule has 9 nitrogen and oxygen atoms in total. The van der Waals surface area contributed by atoms with Gasteiger partial charge in [0.2, 0.25) is 11.7 Å². The highest BCUT2D eigenvalue weighted by Crippen LogP contribution is 2.58. The minimum atomic E-state index is -1.94. The molecule has 0 bridgehead atoms. The molecule has 9 atom stereocenters. The van der Waals surface area contributed by atoms with Crippen LogP contribution in [0, 0.1) is 35.0 Å². The number of Topliss-reactive ketones (excluding diaryl/α,β-unsaturated/α-hetero) is 2. The van der Waals surface area contributed by atoms with E-state index in [-0.39, 0.29) is 30.4 Å². The van der Waals surface area contributed by atoms with Crippen LogP contribution in [0.3, 0.4) is 0 Å². The molecule has 1 aromatic rings. The largest absolute Gasteiger partial charge is 0.504 e. The monoisotopic (exact) mass is 560 g/mol. The van der Waals surface area contributed by atoms with E-state index in [0.29, 0.717) is 34.4 Å². The number of carbonyl (C=O) groups is 4. The van der Waals surface area contributed by atoms with Crippen molar-refractivity contribution in [2.45, 2.75) is 64.7 Å². The summed E-state index contributed by atoms with van der Waals surface area (Å²) in [6.45, 7) is 7.23. The van der Waals surface area contributed by atoms with Crippen LogP contribution in [0.15, 0.2) is 58.9 Å². The van der Waals surface area contributed by atoms with Gasteiger partial charge in [0.25, 0.3) is 5.91 Å². The Morgan fingerprint density at radius 1 is 1.00 bits per heavy atom. The van der Waals surface area contributed by atoms with Gasteiger partial charge in [0.1, 0.15) is 5.41 Å². The summed E-state index contributed by atoms with van der Waals surface area (Å²) in [4.78, 5) is 55.1. The summed E-state index contributed by atoms with van der Waals surface area (Å²) in [5.74, 6) is -5.39. The Bertz CT molecular complexity index is 1490. The standard InChI is InChI=1S/C32H36N2O7/c1-14-8-7-10-20-26(36)16(3)15(2)25-22(13-31(41)19-9-5-6-11-21(19)33-29(31)39)34-30(40)32(20,25)23(35)12-18-24(14)17(4)27(37)28(18)38/h5-7,9-11,14,18,20,22,24-26,36-37,41H,8,12-13H2,1-4H3,(H,33,39)(H,34,40)/t14-,18+,20-,22-,24-,25-,26+,31+,32+/m0/s1. The molecule has 41 heavy (non-hydrogen) atoms. The minimum absolute atomic E-state index is 0.0537. The topological polar surface area (TPSA) is 153 Å². The van der Waals surface area contributed by atoms with Gasteiger partial charge < -0.3 is 26.0 Å². The zero-order valence-electron chi connectivity index (χ0n) is 23.6. The lowest BCUT2D eigenvalue weighted by atomic mass is 9.53. The molecular weight excluding hydrogens is 524 g/mol. The highest BCUT2D eigenvalue weighted by Gasteiger charge is 2.68. The zero-order chi connectivity index (χ0) is 29.6. The summed E-state index contributed by atoms with van der Waals surface area (Å²) in [7, 11) is 0. The molecule has 1 aromatic carbocycles. The van der Waals surface area contributed by atoms with Crippen molar-refractivity contribution in [3.8, 4) is 0 Å². The molecule has 0 unspecified atom stereocenters.